The van der Waals surface area contributed by atoms with Gasteiger partial charge < -0.3 is 5.32 Å². The number of nitrogens with one attached hydrogen (secondary N) is 2. The van der Waals surface area contributed by atoms with Crippen LogP contribution in [-0.2, 0) is 0 Å². The van der Waals surface area contributed by atoms with Crippen molar-refractivity contribution in [3.63, 3.8) is 0 Å². The molecule has 32 heavy (non-hydrogen) atoms. The van der Waals surface area contributed by atoms with Gasteiger partial charge in [-0.25, -0.2) is 4.98 Å². The molecule has 4 rings (SSSR count). The van der Waals surface area contributed by atoms with Gasteiger partial charge in [0.05, 0.1) is 15.5 Å². The Morgan fingerprint density at radius 2 is 1.97 bits per heavy atom. The highest BCUT2D eigenvalue weighted by Crippen LogP contribution is 2.28. The molecule has 0 aliphatic rings. The maximum atomic E-state index is 12.8. The number of aromatic amines is 1. The summed E-state index contributed by atoms with van der Waals surface area (Å²) in [4.78, 5) is 43.3. The molecule has 2 N–H and O–H groups in total. The highest BCUT2D eigenvalue weighted by Gasteiger charge is 2.18. The molecule has 162 valence electrons. The second kappa shape index (κ2) is 8.55. The number of carbonyl (C=O) groups excluding carboxylic acids is 1. The zero-order valence-corrected chi connectivity index (χ0v) is 17.9. The zero-order chi connectivity index (χ0) is 22.8. The van der Waals surface area contributed by atoms with E-state index in [-0.39, 0.29) is 28.7 Å². The van der Waals surface area contributed by atoms with Crippen molar-refractivity contribution in [1.29, 1.82) is 0 Å². The van der Waals surface area contributed by atoms with Gasteiger partial charge in [0.1, 0.15) is 11.5 Å². The Morgan fingerprint density at radius 1 is 1.22 bits per heavy atom. The first kappa shape index (κ1) is 21.1. The minimum Gasteiger partial charge on any atom is -0.306 e. The predicted molar refractivity (Wildman–Crippen MR) is 120 cm³/mol. The fraction of sp³-hybridized carbons (Fsp3) is 0.143. The van der Waals surface area contributed by atoms with Gasteiger partial charge in [-0.15, -0.1) is 11.3 Å². The summed E-state index contributed by atoms with van der Waals surface area (Å²) in [6, 6.07) is 12.1. The molecule has 1 aromatic carbocycles. The molecule has 0 saturated carbocycles. The second-order valence-electron chi connectivity index (χ2n) is 7.21. The van der Waals surface area contributed by atoms with E-state index in [1.54, 1.807) is 6.07 Å². The normalized spacial score (nSPS) is 11.0. The molecule has 4 aromatic rings. The standard InChI is InChI=1S/C21H18N6O4S/c1-12(2)15-11-19(28)24-21(22-15)26-18(10-16(25-26)17-4-3-9-32-17)23-20(29)13-5-7-14(8-6-13)27(30)31/h3-12H,1-2H3,(H,23,29)(H,22,24,28). The number of amides is 1. The van der Waals surface area contributed by atoms with E-state index in [9.17, 15) is 19.7 Å². The summed E-state index contributed by atoms with van der Waals surface area (Å²) >= 11 is 1.48. The van der Waals surface area contributed by atoms with E-state index < -0.39 is 10.8 Å². The summed E-state index contributed by atoms with van der Waals surface area (Å²) in [6.07, 6.45) is 0. The van der Waals surface area contributed by atoms with Gasteiger partial charge in [-0.2, -0.15) is 9.78 Å². The third-order valence-electron chi connectivity index (χ3n) is 4.61. The van der Waals surface area contributed by atoms with Crippen molar-refractivity contribution < 1.29 is 9.72 Å². The third kappa shape index (κ3) is 4.32. The van der Waals surface area contributed by atoms with Gasteiger partial charge in [0.25, 0.3) is 17.2 Å². The summed E-state index contributed by atoms with van der Waals surface area (Å²) in [5, 5.41) is 20.1. The number of nitrogens with zero attached hydrogens (tertiary/aromatic N) is 4. The highest BCUT2D eigenvalue weighted by atomic mass is 32.1. The molecule has 0 bridgehead atoms. The van der Waals surface area contributed by atoms with Gasteiger partial charge in [0, 0.05) is 29.8 Å². The number of carbonyl (C=O) groups is 1. The van der Waals surface area contributed by atoms with Gasteiger partial charge in [-0.05, 0) is 29.5 Å². The SMILES string of the molecule is CC(C)c1cc(=O)[nH]c(-n2nc(-c3cccs3)cc2NC(=O)c2ccc([N+](=O)[O-])cc2)n1. The van der Waals surface area contributed by atoms with Crippen LogP contribution in [0.25, 0.3) is 16.5 Å². The number of nitro benzene ring substituents is 1. The van der Waals surface area contributed by atoms with E-state index in [0.29, 0.717) is 17.2 Å². The summed E-state index contributed by atoms with van der Waals surface area (Å²) in [5.41, 5.74) is 0.970. The van der Waals surface area contributed by atoms with Gasteiger partial charge in [-0.3, -0.25) is 24.7 Å². The molecule has 0 aliphatic heterocycles. The van der Waals surface area contributed by atoms with Crippen LogP contribution in [0.2, 0.25) is 0 Å². The smallest absolute Gasteiger partial charge is 0.269 e. The minimum absolute atomic E-state index is 0.0153. The molecule has 0 atom stereocenters. The summed E-state index contributed by atoms with van der Waals surface area (Å²) < 4.78 is 1.37. The van der Waals surface area contributed by atoms with Crippen molar-refractivity contribution in [3.8, 4) is 16.5 Å². The molecule has 3 aromatic heterocycles. The van der Waals surface area contributed by atoms with Crippen molar-refractivity contribution in [1.82, 2.24) is 19.7 Å². The topological polar surface area (TPSA) is 136 Å². The van der Waals surface area contributed by atoms with Crippen LogP contribution in [0.3, 0.4) is 0 Å². The predicted octanol–water partition coefficient (Wildman–Crippen LogP) is 3.97. The van der Waals surface area contributed by atoms with Crippen LogP contribution in [-0.4, -0.2) is 30.6 Å². The van der Waals surface area contributed by atoms with Crippen LogP contribution in [0.4, 0.5) is 11.5 Å². The number of hydrogen-bond donors (Lipinski definition) is 2. The Labute approximate surface area is 185 Å². The number of anilines is 1. The summed E-state index contributed by atoms with van der Waals surface area (Å²) in [6.45, 7) is 3.84. The average molecular weight is 450 g/mol. The maximum absolute atomic E-state index is 12.8. The Balaban J connectivity index is 1.75. The zero-order valence-electron chi connectivity index (χ0n) is 17.1. The van der Waals surface area contributed by atoms with E-state index in [0.717, 1.165) is 4.88 Å². The van der Waals surface area contributed by atoms with Crippen LogP contribution in [0, 0.1) is 10.1 Å². The van der Waals surface area contributed by atoms with Gasteiger partial charge in [0.2, 0.25) is 5.95 Å². The number of benzene rings is 1. The van der Waals surface area contributed by atoms with E-state index in [2.05, 4.69) is 20.4 Å². The molecule has 0 fully saturated rings. The largest absolute Gasteiger partial charge is 0.306 e. The summed E-state index contributed by atoms with van der Waals surface area (Å²) in [7, 11) is 0. The lowest BCUT2D eigenvalue weighted by atomic mass is 10.1. The second-order valence-corrected chi connectivity index (χ2v) is 8.16. The van der Waals surface area contributed by atoms with Crippen molar-refractivity contribution >= 4 is 28.7 Å². The maximum Gasteiger partial charge on any atom is 0.269 e. The number of thiophene rings is 1. The molecule has 10 nitrogen and oxygen atoms in total. The lowest BCUT2D eigenvalue weighted by Crippen LogP contribution is -2.19. The lowest BCUT2D eigenvalue weighted by Gasteiger charge is -2.10. The van der Waals surface area contributed by atoms with Crippen LogP contribution in [0.5, 0.6) is 0 Å². The van der Waals surface area contributed by atoms with Crippen LogP contribution in [0.1, 0.15) is 35.8 Å². The molecule has 0 radical (unpaired) electrons. The van der Waals surface area contributed by atoms with Gasteiger partial charge in [-0.1, -0.05) is 19.9 Å². The number of non-ortho nitro benzene ring substituents is 1. The highest BCUT2D eigenvalue weighted by molar-refractivity contribution is 7.13. The first-order valence-electron chi connectivity index (χ1n) is 9.63. The molecular formula is C21H18N6O4S. The Kier molecular flexibility index (Phi) is 5.65. The molecule has 0 unspecified atom stereocenters. The molecule has 11 heteroatoms. The van der Waals surface area contributed by atoms with E-state index >= 15 is 0 Å². The van der Waals surface area contributed by atoms with Crippen LogP contribution >= 0.6 is 11.3 Å². The quantitative estimate of drug-likeness (QED) is 0.337. The van der Waals surface area contributed by atoms with E-state index in [1.807, 2.05) is 31.4 Å². The average Bonchev–Trinajstić information content (AvgIpc) is 3.43. The van der Waals surface area contributed by atoms with E-state index in [1.165, 1.54) is 46.4 Å². The van der Waals surface area contributed by atoms with Crippen LogP contribution in [0.15, 0.2) is 58.7 Å². The van der Waals surface area contributed by atoms with Crippen LogP contribution < -0.4 is 10.9 Å². The van der Waals surface area contributed by atoms with Crippen molar-refractivity contribution in [2.45, 2.75) is 19.8 Å². The van der Waals surface area contributed by atoms with Crippen molar-refractivity contribution in [2.75, 3.05) is 5.32 Å². The third-order valence-corrected chi connectivity index (χ3v) is 5.50. The van der Waals surface area contributed by atoms with E-state index in [4.69, 9.17) is 0 Å². The number of nitro groups is 1. The molecule has 0 saturated heterocycles. The molecule has 0 aliphatic carbocycles. The first-order chi connectivity index (χ1) is 15.3. The molecule has 0 spiro atoms. The van der Waals surface area contributed by atoms with Gasteiger partial charge >= 0.3 is 0 Å². The van der Waals surface area contributed by atoms with Gasteiger partial charge in [0.15, 0.2) is 0 Å². The van der Waals surface area contributed by atoms with Crippen molar-refractivity contribution in [2.24, 2.45) is 0 Å². The van der Waals surface area contributed by atoms with Crippen molar-refractivity contribution in [3.05, 3.63) is 85.6 Å². The Morgan fingerprint density at radius 3 is 2.59 bits per heavy atom. The number of H-pyrrole nitrogens is 1. The number of aromatic nitrogens is 4. The number of rotatable bonds is 6. The molecule has 3 heterocycles. The molecular weight excluding hydrogens is 432 g/mol. The Hall–Kier alpha value is -4.12. The Bertz CT molecular complexity index is 1340. The molecule has 1 amide bonds. The number of hydrogen-bond acceptors (Lipinski definition) is 7. The monoisotopic (exact) mass is 450 g/mol. The first-order valence-corrected chi connectivity index (χ1v) is 10.5. The minimum atomic E-state index is -0.534. The fourth-order valence-electron chi connectivity index (χ4n) is 2.96. The lowest BCUT2D eigenvalue weighted by molar-refractivity contribution is -0.384. The fourth-order valence-corrected chi connectivity index (χ4v) is 3.64. The summed E-state index contributed by atoms with van der Waals surface area (Å²) in [5.74, 6) is -0.00789.